The van der Waals surface area contributed by atoms with Crippen molar-refractivity contribution in [2.75, 3.05) is 18.4 Å². The second-order valence-corrected chi connectivity index (χ2v) is 8.25. The van der Waals surface area contributed by atoms with Crippen LogP contribution in [0.25, 0.3) is 11.0 Å². The van der Waals surface area contributed by atoms with Gasteiger partial charge in [-0.2, -0.15) is 0 Å². The van der Waals surface area contributed by atoms with Crippen LogP contribution in [0.3, 0.4) is 0 Å². The number of primary amides is 1. The highest BCUT2D eigenvalue weighted by atomic mass is 32.1. The molecule has 16 heteroatoms. The first kappa shape index (κ1) is 28.3. The van der Waals surface area contributed by atoms with Crippen molar-refractivity contribution < 1.29 is 28.7 Å². The van der Waals surface area contributed by atoms with Gasteiger partial charge in [0, 0.05) is 19.0 Å². The number of fused-ring (bicyclic) bond motifs is 1. The van der Waals surface area contributed by atoms with Crippen LogP contribution < -0.4 is 27.0 Å². The minimum Gasteiger partial charge on any atom is -0.383 e. The smallest absolute Gasteiger partial charge is 0.300 e. The van der Waals surface area contributed by atoms with Gasteiger partial charge in [-0.1, -0.05) is 6.92 Å². The fourth-order valence-corrected chi connectivity index (χ4v) is 3.36. The number of aromatic nitrogens is 2. The van der Waals surface area contributed by atoms with E-state index in [9.17, 15) is 29.3 Å². The lowest BCUT2D eigenvalue weighted by Gasteiger charge is -2.19. The number of nitrogens with two attached hydrogens (primary N) is 1. The monoisotopic (exact) mass is 524 g/mol. The Kier molecular flexibility index (Phi) is 10.9. The molecule has 0 bridgehead atoms. The quantitative estimate of drug-likeness (QED) is 0.0599. The first-order valence-corrected chi connectivity index (χ1v) is 11.6. The Hall–Kier alpha value is -3.95. The first-order valence-electron chi connectivity index (χ1n) is 11.1. The zero-order valence-corrected chi connectivity index (χ0v) is 20.4. The fraction of sp³-hybridized carbons (Fsp3) is 0.500. The molecule has 4 amide bonds. The number of nitro benzene ring substituents is 1. The van der Waals surface area contributed by atoms with Crippen LogP contribution >= 0.6 is 12.6 Å². The molecule has 0 aliphatic heterocycles. The Morgan fingerprint density at radius 1 is 1.14 bits per heavy atom. The number of carbonyl (C=O) groups is 4. The van der Waals surface area contributed by atoms with Gasteiger partial charge in [-0.15, -0.1) is 12.6 Å². The van der Waals surface area contributed by atoms with Crippen LogP contribution in [0, 0.1) is 10.1 Å². The van der Waals surface area contributed by atoms with Crippen LogP contribution in [0.15, 0.2) is 16.8 Å². The van der Waals surface area contributed by atoms with Crippen molar-refractivity contribution in [3.8, 4) is 0 Å². The molecule has 0 fully saturated rings. The molecule has 1 heterocycles. The van der Waals surface area contributed by atoms with E-state index in [1.165, 1.54) is 12.1 Å². The van der Waals surface area contributed by atoms with Gasteiger partial charge in [0.05, 0.1) is 17.2 Å². The summed E-state index contributed by atoms with van der Waals surface area (Å²) in [7, 11) is 0. The molecule has 0 spiro atoms. The predicted molar refractivity (Wildman–Crippen MR) is 131 cm³/mol. The minimum atomic E-state index is -1.25. The maximum atomic E-state index is 12.3. The van der Waals surface area contributed by atoms with Gasteiger partial charge in [-0.3, -0.25) is 29.3 Å². The maximum absolute atomic E-state index is 12.3. The van der Waals surface area contributed by atoms with E-state index in [1.807, 2.05) is 6.92 Å². The summed E-state index contributed by atoms with van der Waals surface area (Å²) in [6.45, 7) is 1.95. The number of rotatable bonds is 15. The standard InChI is InChI=1S/C20H28N8O7S/c1-2-5-14(29)23-10-15(30)25-20(36)19(32)24-12(18(21)31)6-3-4-9-22-11-7-8-13(28(33)34)17-16(11)26-35-27-17/h7-8,12,20,22,36H,2-6,9-10H2,1H3,(H2,21,31)(H,23,29)(H,24,32)(H,25,30)/t12-,20-/m0/s1. The molecule has 1 aromatic carbocycles. The van der Waals surface area contributed by atoms with E-state index in [4.69, 9.17) is 5.73 Å². The number of non-ortho nitro benzene ring substituents is 1. The van der Waals surface area contributed by atoms with E-state index in [2.05, 4.69) is 48.8 Å². The number of unbranched alkanes of at least 4 members (excludes halogenated alkanes) is 1. The maximum Gasteiger partial charge on any atom is 0.300 e. The average Bonchev–Trinajstić information content (AvgIpc) is 3.31. The molecule has 1 aromatic heterocycles. The zero-order chi connectivity index (χ0) is 26.7. The SMILES string of the molecule is CCCC(=O)NCC(=O)N[C@@H](S)C(=O)N[C@@H](CCCCNc1ccc([N+](=O)[O-])c2nonc12)C(N)=O. The molecule has 36 heavy (non-hydrogen) atoms. The molecule has 2 rings (SSSR count). The lowest BCUT2D eigenvalue weighted by molar-refractivity contribution is -0.383. The van der Waals surface area contributed by atoms with Crippen molar-refractivity contribution in [2.24, 2.45) is 5.73 Å². The number of nitro groups is 1. The van der Waals surface area contributed by atoms with Gasteiger partial charge >= 0.3 is 5.69 Å². The molecule has 0 radical (unpaired) electrons. The third-order valence-corrected chi connectivity index (χ3v) is 5.32. The van der Waals surface area contributed by atoms with Gasteiger partial charge in [0.1, 0.15) is 6.04 Å². The van der Waals surface area contributed by atoms with E-state index in [0.717, 1.165) is 0 Å². The molecule has 196 valence electrons. The topological polar surface area (TPSA) is 224 Å². The summed E-state index contributed by atoms with van der Waals surface area (Å²) >= 11 is 4.02. The van der Waals surface area contributed by atoms with Crippen LogP contribution in [0.1, 0.15) is 39.0 Å². The van der Waals surface area contributed by atoms with Crippen molar-refractivity contribution in [3.05, 3.63) is 22.2 Å². The van der Waals surface area contributed by atoms with Crippen molar-refractivity contribution in [3.63, 3.8) is 0 Å². The zero-order valence-electron chi connectivity index (χ0n) is 19.5. The normalized spacial score (nSPS) is 12.4. The van der Waals surface area contributed by atoms with E-state index in [1.54, 1.807) is 0 Å². The Labute approximate surface area is 210 Å². The van der Waals surface area contributed by atoms with Gasteiger partial charge in [-0.05, 0) is 42.1 Å². The molecule has 0 saturated carbocycles. The fourth-order valence-electron chi connectivity index (χ4n) is 3.14. The number of anilines is 1. The second-order valence-electron chi connectivity index (χ2n) is 7.73. The van der Waals surface area contributed by atoms with Crippen molar-refractivity contribution in [2.45, 2.75) is 50.4 Å². The molecule has 0 aliphatic rings. The van der Waals surface area contributed by atoms with Crippen LogP contribution in [-0.4, -0.2) is 63.4 Å². The van der Waals surface area contributed by atoms with E-state index < -0.39 is 34.1 Å². The number of nitrogens with zero attached hydrogens (tertiary/aromatic N) is 3. The molecule has 6 N–H and O–H groups in total. The van der Waals surface area contributed by atoms with Crippen LogP contribution in [0.5, 0.6) is 0 Å². The number of hydrogen-bond acceptors (Lipinski definition) is 11. The van der Waals surface area contributed by atoms with Crippen LogP contribution in [0.2, 0.25) is 0 Å². The lowest BCUT2D eigenvalue weighted by atomic mass is 10.1. The Morgan fingerprint density at radius 2 is 1.86 bits per heavy atom. The Bertz CT molecular complexity index is 1110. The number of nitrogens with one attached hydrogen (secondary N) is 4. The highest BCUT2D eigenvalue weighted by molar-refractivity contribution is 7.81. The average molecular weight is 525 g/mol. The number of carbonyl (C=O) groups excluding carboxylic acids is 4. The number of benzene rings is 1. The summed E-state index contributed by atoms with van der Waals surface area (Å²) < 4.78 is 4.61. The molecular weight excluding hydrogens is 496 g/mol. The molecule has 0 unspecified atom stereocenters. The van der Waals surface area contributed by atoms with Crippen molar-refractivity contribution in [1.82, 2.24) is 26.3 Å². The summed E-state index contributed by atoms with van der Waals surface area (Å²) in [4.78, 5) is 57.8. The predicted octanol–water partition coefficient (Wildman–Crippen LogP) is -0.0283. The van der Waals surface area contributed by atoms with Crippen molar-refractivity contribution in [1.29, 1.82) is 0 Å². The minimum absolute atomic E-state index is 0.0262. The second kappa shape index (κ2) is 13.8. The summed E-state index contributed by atoms with van der Waals surface area (Å²) in [5.74, 6) is -2.37. The lowest BCUT2D eigenvalue weighted by Crippen LogP contribution is -2.52. The third-order valence-electron chi connectivity index (χ3n) is 4.96. The Balaban J connectivity index is 1.77. The third kappa shape index (κ3) is 8.37. The number of thiol groups is 1. The van der Waals surface area contributed by atoms with Gasteiger partial charge in [-0.25, -0.2) is 4.63 Å². The van der Waals surface area contributed by atoms with Crippen LogP contribution in [-0.2, 0) is 19.2 Å². The first-order chi connectivity index (χ1) is 17.1. The van der Waals surface area contributed by atoms with Gasteiger partial charge < -0.3 is 27.0 Å². The van der Waals surface area contributed by atoms with Gasteiger partial charge in [0.15, 0.2) is 10.9 Å². The largest absolute Gasteiger partial charge is 0.383 e. The highest BCUT2D eigenvalue weighted by Crippen LogP contribution is 2.28. The van der Waals surface area contributed by atoms with Crippen molar-refractivity contribution >= 4 is 58.7 Å². The number of hydrogen-bond donors (Lipinski definition) is 6. The summed E-state index contributed by atoms with van der Waals surface area (Å²) in [6.07, 6.45) is 2.19. The van der Waals surface area contributed by atoms with E-state index in [0.29, 0.717) is 31.5 Å². The van der Waals surface area contributed by atoms with E-state index in [-0.39, 0.29) is 42.0 Å². The van der Waals surface area contributed by atoms with Gasteiger partial charge in [0.25, 0.3) is 5.91 Å². The van der Waals surface area contributed by atoms with E-state index >= 15 is 0 Å². The molecule has 2 aromatic rings. The van der Waals surface area contributed by atoms with Crippen LogP contribution in [0.4, 0.5) is 11.4 Å². The Morgan fingerprint density at radius 3 is 2.53 bits per heavy atom. The molecule has 2 atom stereocenters. The molecule has 0 saturated heterocycles. The molecule has 0 aliphatic carbocycles. The highest BCUT2D eigenvalue weighted by Gasteiger charge is 2.23. The van der Waals surface area contributed by atoms with Gasteiger partial charge in [0.2, 0.25) is 23.2 Å². The summed E-state index contributed by atoms with van der Waals surface area (Å²) in [5.41, 5.74) is 5.90. The summed E-state index contributed by atoms with van der Waals surface area (Å²) in [6, 6.07) is 1.80. The molecule has 15 nitrogen and oxygen atoms in total. The summed E-state index contributed by atoms with van der Waals surface area (Å²) in [5, 5.41) is 27.3. The molecular formula is C20H28N8O7S. The number of amides is 4.